The molecule has 1 N–H and O–H groups in total. The highest BCUT2D eigenvalue weighted by Crippen LogP contribution is 2.23. The summed E-state index contributed by atoms with van der Waals surface area (Å²) in [5.74, 6) is 0.00921. The molecule has 0 bridgehead atoms. The van der Waals surface area contributed by atoms with Gasteiger partial charge in [-0.1, -0.05) is 60.7 Å². The quantitative estimate of drug-likeness (QED) is 0.517. The second-order valence-corrected chi connectivity index (χ2v) is 8.54. The van der Waals surface area contributed by atoms with Crippen LogP contribution < -0.4 is 0 Å². The van der Waals surface area contributed by atoms with E-state index in [1.54, 1.807) is 11.3 Å². The Labute approximate surface area is 185 Å². The minimum absolute atomic E-state index is 0.00921. The SMILES string of the molecule is O=C(c1cc(-c2ccccc2)n[nH]1)N1CCN(Cc2nc(-c3ccccc3)cs2)CC1. The summed E-state index contributed by atoms with van der Waals surface area (Å²) in [7, 11) is 0. The summed E-state index contributed by atoms with van der Waals surface area (Å²) in [5.41, 5.74) is 4.51. The number of piperazine rings is 1. The van der Waals surface area contributed by atoms with Gasteiger partial charge in [0.25, 0.3) is 5.91 Å². The molecular weight excluding hydrogens is 406 g/mol. The van der Waals surface area contributed by atoms with Crippen molar-refractivity contribution in [3.05, 3.63) is 82.8 Å². The predicted octanol–water partition coefficient (Wildman–Crippen LogP) is 4.16. The maximum absolute atomic E-state index is 12.9. The van der Waals surface area contributed by atoms with Crippen molar-refractivity contribution in [2.45, 2.75) is 6.54 Å². The zero-order chi connectivity index (χ0) is 21.0. The summed E-state index contributed by atoms with van der Waals surface area (Å²) < 4.78 is 0. The van der Waals surface area contributed by atoms with Gasteiger partial charge in [0.05, 0.1) is 17.9 Å². The smallest absolute Gasteiger partial charge is 0.271 e. The van der Waals surface area contributed by atoms with Gasteiger partial charge < -0.3 is 4.90 Å². The Kier molecular flexibility index (Phi) is 5.60. The van der Waals surface area contributed by atoms with Crippen molar-refractivity contribution < 1.29 is 4.79 Å². The van der Waals surface area contributed by atoms with Crippen LogP contribution in [0.25, 0.3) is 22.5 Å². The van der Waals surface area contributed by atoms with Crippen LogP contribution in [0.2, 0.25) is 0 Å². The second-order valence-electron chi connectivity index (χ2n) is 7.59. The van der Waals surface area contributed by atoms with Crippen LogP contribution in [-0.4, -0.2) is 57.1 Å². The number of aromatic nitrogens is 3. The second kappa shape index (κ2) is 8.83. The van der Waals surface area contributed by atoms with Gasteiger partial charge in [-0.25, -0.2) is 4.98 Å². The van der Waals surface area contributed by atoms with E-state index in [1.165, 1.54) is 0 Å². The Morgan fingerprint density at radius 1 is 0.903 bits per heavy atom. The number of rotatable bonds is 5. The monoisotopic (exact) mass is 429 g/mol. The lowest BCUT2D eigenvalue weighted by atomic mass is 10.1. The van der Waals surface area contributed by atoms with Crippen molar-refractivity contribution in [2.24, 2.45) is 0 Å². The number of hydrogen-bond donors (Lipinski definition) is 1. The molecule has 31 heavy (non-hydrogen) atoms. The first-order valence-electron chi connectivity index (χ1n) is 10.4. The Morgan fingerprint density at radius 2 is 1.55 bits per heavy atom. The van der Waals surface area contributed by atoms with Gasteiger partial charge in [0.15, 0.2) is 0 Å². The molecule has 0 atom stereocenters. The van der Waals surface area contributed by atoms with E-state index in [1.807, 2.05) is 59.5 Å². The van der Waals surface area contributed by atoms with Crippen molar-refractivity contribution >= 4 is 17.2 Å². The van der Waals surface area contributed by atoms with Crippen LogP contribution in [-0.2, 0) is 6.54 Å². The molecule has 2 aromatic carbocycles. The van der Waals surface area contributed by atoms with Gasteiger partial charge in [-0.3, -0.25) is 14.8 Å². The third kappa shape index (κ3) is 4.42. The largest absolute Gasteiger partial charge is 0.335 e. The molecule has 1 amide bonds. The van der Waals surface area contributed by atoms with Gasteiger partial charge in [0, 0.05) is 42.7 Å². The van der Waals surface area contributed by atoms with E-state index in [-0.39, 0.29) is 5.91 Å². The summed E-state index contributed by atoms with van der Waals surface area (Å²) in [6, 6.07) is 22.0. The molecule has 6 nitrogen and oxygen atoms in total. The fourth-order valence-electron chi connectivity index (χ4n) is 3.78. The fourth-order valence-corrected chi connectivity index (χ4v) is 4.63. The Balaban J connectivity index is 1.17. The molecule has 1 aliphatic rings. The highest BCUT2D eigenvalue weighted by Gasteiger charge is 2.24. The van der Waals surface area contributed by atoms with E-state index < -0.39 is 0 Å². The number of H-pyrrole nitrogens is 1. The fraction of sp³-hybridized carbons (Fsp3) is 0.208. The zero-order valence-corrected chi connectivity index (χ0v) is 17.9. The molecule has 0 aliphatic carbocycles. The van der Waals surface area contributed by atoms with Crippen LogP contribution >= 0.6 is 11.3 Å². The topological polar surface area (TPSA) is 65.1 Å². The van der Waals surface area contributed by atoms with Crippen LogP contribution in [0.1, 0.15) is 15.5 Å². The Morgan fingerprint density at radius 3 is 2.23 bits per heavy atom. The molecule has 5 rings (SSSR count). The van der Waals surface area contributed by atoms with Crippen molar-refractivity contribution in [1.82, 2.24) is 25.0 Å². The number of thiazole rings is 1. The highest BCUT2D eigenvalue weighted by molar-refractivity contribution is 7.09. The summed E-state index contributed by atoms with van der Waals surface area (Å²) >= 11 is 1.70. The van der Waals surface area contributed by atoms with E-state index in [0.717, 1.165) is 47.2 Å². The molecule has 7 heteroatoms. The number of hydrogen-bond acceptors (Lipinski definition) is 5. The standard InChI is InChI=1S/C24H23N5OS/c30-24(21-15-20(26-27-21)18-7-3-1-4-8-18)29-13-11-28(12-14-29)16-23-25-22(17-31-23)19-9-5-2-6-10-19/h1-10,15,17H,11-14,16H2,(H,26,27). The number of nitrogens with zero attached hydrogens (tertiary/aromatic N) is 4. The average molecular weight is 430 g/mol. The molecule has 0 saturated carbocycles. The average Bonchev–Trinajstić information content (AvgIpc) is 3.51. The number of nitrogens with one attached hydrogen (secondary N) is 1. The normalized spacial score (nSPS) is 14.6. The van der Waals surface area contributed by atoms with Crippen LogP contribution in [0.15, 0.2) is 72.1 Å². The maximum Gasteiger partial charge on any atom is 0.271 e. The molecular formula is C24H23N5OS. The van der Waals surface area contributed by atoms with Crippen molar-refractivity contribution in [1.29, 1.82) is 0 Å². The minimum Gasteiger partial charge on any atom is -0.335 e. The van der Waals surface area contributed by atoms with E-state index in [4.69, 9.17) is 4.98 Å². The van der Waals surface area contributed by atoms with E-state index in [0.29, 0.717) is 18.8 Å². The molecule has 1 saturated heterocycles. The number of carbonyl (C=O) groups excluding carboxylic acids is 1. The van der Waals surface area contributed by atoms with E-state index in [9.17, 15) is 4.79 Å². The van der Waals surface area contributed by atoms with Crippen molar-refractivity contribution in [3.63, 3.8) is 0 Å². The summed E-state index contributed by atoms with van der Waals surface area (Å²) in [4.78, 5) is 21.9. The van der Waals surface area contributed by atoms with Gasteiger partial charge in [-0.05, 0) is 6.07 Å². The molecule has 0 unspecified atom stereocenters. The van der Waals surface area contributed by atoms with Crippen LogP contribution in [0.3, 0.4) is 0 Å². The molecule has 0 spiro atoms. The van der Waals surface area contributed by atoms with Gasteiger partial charge >= 0.3 is 0 Å². The first-order valence-corrected chi connectivity index (χ1v) is 11.3. The lowest BCUT2D eigenvalue weighted by Crippen LogP contribution is -2.48. The molecule has 0 radical (unpaired) electrons. The summed E-state index contributed by atoms with van der Waals surface area (Å²) in [5, 5.41) is 10.4. The van der Waals surface area contributed by atoms with Crippen LogP contribution in [0.5, 0.6) is 0 Å². The third-order valence-electron chi connectivity index (χ3n) is 5.52. The van der Waals surface area contributed by atoms with E-state index >= 15 is 0 Å². The van der Waals surface area contributed by atoms with Crippen molar-refractivity contribution in [3.8, 4) is 22.5 Å². The molecule has 156 valence electrons. The Bertz CT molecular complexity index is 1150. The Hall–Kier alpha value is -3.29. The molecule has 1 aliphatic heterocycles. The zero-order valence-electron chi connectivity index (χ0n) is 17.1. The van der Waals surface area contributed by atoms with Gasteiger partial charge in [0.1, 0.15) is 10.7 Å². The molecule has 4 aromatic rings. The van der Waals surface area contributed by atoms with Crippen LogP contribution in [0.4, 0.5) is 0 Å². The number of carbonyl (C=O) groups is 1. The highest BCUT2D eigenvalue weighted by atomic mass is 32.1. The first-order chi connectivity index (χ1) is 15.3. The molecule has 2 aromatic heterocycles. The molecule has 3 heterocycles. The van der Waals surface area contributed by atoms with Gasteiger partial charge in [-0.2, -0.15) is 5.10 Å². The van der Waals surface area contributed by atoms with Gasteiger partial charge in [0.2, 0.25) is 0 Å². The molecule has 1 fully saturated rings. The summed E-state index contributed by atoms with van der Waals surface area (Å²) in [6.45, 7) is 3.91. The van der Waals surface area contributed by atoms with E-state index in [2.05, 4.69) is 32.6 Å². The predicted molar refractivity (Wildman–Crippen MR) is 123 cm³/mol. The van der Waals surface area contributed by atoms with Crippen LogP contribution in [0, 0.1) is 0 Å². The first kappa shape index (κ1) is 19.7. The maximum atomic E-state index is 12.9. The number of aromatic amines is 1. The summed E-state index contributed by atoms with van der Waals surface area (Å²) in [6.07, 6.45) is 0. The third-order valence-corrected chi connectivity index (χ3v) is 6.35. The minimum atomic E-state index is 0.00921. The van der Waals surface area contributed by atoms with Crippen molar-refractivity contribution in [2.75, 3.05) is 26.2 Å². The lowest BCUT2D eigenvalue weighted by Gasteiger charge is -2.34. The number of benzene rings is 2. The lowest BCUT2D eigenvalue weighted by molar-refractivity contribution is 0.0622. The van der Waals surface area contributed by atoms with Gasteiger partial charge in [-0.15, -0.1) is 11.3 Å². The number of amides is 1.